The third kappa shape index (κ3) is 11.4. The lowest BCUT2D eigenvalue weighted by Gasteiger charge is -2.12. The highest BCUT2D eigenvalue weighted by molar-refractivity contribution is 14.0. The van der Waals surface area contributed by atoms with E-state index < -0.39 is 0 Å². The second-order valence-corrected chi connectivity index (χ2v) is 8.36. The highest BCUT2D eigenvalue weighted by Gasteiger charge is 2.12. The molecule has 0 aliphatic heterocycles. The van der Waals surface area contributed by atoms with Gasteiger partial charge >= 0.3 is 0 Å². The standard InChI is InChI=1S/C18H36N6S2.HI/c1-6-19-17(20-11-7-8-13-25-4)21-12-9-10-16-22-23-18(26-5)24(16)14-15(2)3;/h15H,6-14H2,1-5H3,(H2,19,20,21);1H. The Labute approximate surface area is 190 Å². The second kappa shape index (κ2) is 16.8. The number of thioether (sulfide) groups is 2. The van der Waals surface area contributed by atoms with Crippen LogP contribution < -0.4 is 10.6 Å². The molecule has 158 valence electrons. The van der Waals surface area contributed by atoms with E-state index in [0.29, 0.717) is 5.92 Å². The van der Waals surface area contributed by atoms with Crippen molar-refractivity contribution in [3.8, 4) is 0 Å². The van der Waals surface area contributed by atoms with Crippen LogP contribution in [0.3, 0.4) is 0 Å². The summed E-state index contributed by atoms with van der Waals surface area (Å²) in [6.07, 6.45) is 8.54. The predicted molar refractivity (Wildman–Crippen MR) is 132 cm³/mol. The number of aliphatic imine (C=N–C) groups is 1. The van der Waals surface area contributed by atoms with Crippen molar-refractivity contribution in [2.24, 2.45) is 10.9 Å². The summed E-state index contributed by atoms with van der Waals surface area (Å²) in [5.74, 6) is 3.81. The highest BCUT2D eigenvalue weighted by atomic mass is 127. The summed E-state index contributed by atoms with van der Waals surface area (Å²) in [6, 6.07) is 0. The van der Waals surface area contributed by atoms with Crippen molar-refractivity contribution in [2.45, 2.75) is 58.2 Å². The Hall–Kier alpha value is -0.160. The zero-order valence-electron chi connectivity index (χ0n) is 17.5. The van der Waals surface area contributed by atoms with E-state index in [1.165, 1.54) is 18.6 Å². The number of hydrogen-bond acceptors (Lipinski definition) is 5. The van der Waals surface area contributed by atoms with E-state index in [0.717, 1.165) is 56.0 Å². The first-order valence-electron chi connectivity index (χ1n) is 9.59. The van der Waals surface area contributed by atoms with Gasteiger partial charge in [0.1, 0.15) is 5.82 Å². The van der Waals surface area contributed by atoms with Crippen molar-refractivity contribution in [1.82, 2.24) is 25.4 Å². The number of hydrogen-bond donors (Lipinski definition) is 2. The Morgan fingerprint density at radius 2 is 1.93 bits per heavy atom. The molecular formula is C18H37IN6S2. The van der Waals surface area contributed by atoms with Gasteiger partial charge in [-0.15, -0.1) is 34.2 Å². The lowest BCUT2D eigenvalue weighted by molar-refractivity contribution is 0.477. The number of rotatable bonds is 13. The molecule has 6 nitrogen and oxygen atoms in total. The van der Waals surface area contributed by atoms with Crippen LogP contribution in [0.25, 0.3) is 0 Å². The van der Waals surface area contributed by atoms with Crippen LogP contribution >= 0.6 is 47.5 Å². The SMILES string of the molecule is CCNC(=NCCCc1nnc(SC)n1CC(C)C)NCCCCSC.I. The smallest absolute Gasteiger partial charge is 0.191 e. The number of aryl methyl sites for hydroxylation is 1. The summed E-state index contributed by atoms with van der Waals surface area (Å²) < 4.78 is 2.26. The van der Waals surface area contributed by atoms with Crippen LogP contribution in [0.1, 0.15) is 45.9 Å². The van der Waals surface area contributed by atoms with E-state index in [1.807, 2.05) is 11.8 Å². The molecule has 0 spiro atoms. The molecule has 0 saturated heterocycles. The zero-order valence-corrected chi connectivity index (χ0v) is 21.4. The molecule has 9 heteroatoms. The molecular weight excluding hydrogens is 491 g/mol. The number of halogens is 1. The third-order valence-corrected chi connectivity index (χ3v) is 5.13. The van der Waals surface area contributed by atoms with Gasteiger partial charge in [0, 0.05) is 32.6 Å². The minimum absolute atomic E-state index is 0. The molecule has 0 bridgehead atoms. The molecule has 0 aliphatic rings. The zero-order chi connectivity index (χ0) is 19.2. The Morgan fingerprint density at radius 1 is 1.15 bits per heavy atom. The molecule has 0 amide bonds. The molecule has 0 unspecified atom stereocenters. The lowest BCUT2D eigenvalue weighted by atomic mass is 10.2. The summed E-state index contributed by atoms with van der Waals surface area (Å²) in [5, 5.41) is 16.4. The largest absolute Gasteiger partial charge is 0.357 e. The Kier molecular flexibility index (Phi) is 16.7. The maximum absolute atomic E-state index is 4.69. The Bertz CT molecular complexity index is 522. The molecule has 2 N–H and O–H groups in total. The van der Waals surface area contributed by atoms with Crippen LogP contribution in [0, 0.1) is 5.92 Å². The molecule has 0 aliphatic carbocycles. The average Bonchev–Trinajstić information content (AvgIpc) is 2.99. The van der Waals surface area contributed by atoms with E-state index >= 15 is 0 Å². The summed E-state index contributed by atoms with van der Waals surface area (Å²) in [4.78, 5) is 4.69. The van der Waals surface area contributed by atoms with Gasteiger partial charge in [0.2, 0.25) is 0 Å². The van der Waals surface area contributed by atoms with Gasteiger partial charge < -0.3 is 15.2 Å². The third-order valence-electron chi connectivity index (χ3n) is 3.76. The van der Waals surface area contributed by atoms with Gasteiger partial charge in [-0.25, -0.2) is 0 Å². The van der Waals surface area contributed by atoms with Gasteiger partial charge in [-0.2, -0.15) is 11.8 Å². The number of aromatic nitrogens is 3. The molecule has 27 heavy (non-hydrogen) atoms. The maximum Gasteiger partial charge on any atom is 0.191 e. The molecule has 0 saturated carbocycles. The topological polar surface area (TPSA) is 67.1 Å². The summed E-state index contributed by atoms with van der Waals surface area (Å²) in [6.45, 7) is 10.2. The predicted octanol–water partition coefficient (Wildman–Crippen LogP) is 3.90. The molecule has 0 atom stereocenters. The summed E-state index contributed by atoms with van der Waals surface area (Å²) in [7, 11) is 0. The molecule has 1 heterocycles. The van der Waals surface area contributed by atoms with Crippen molar-refractivity contribution in [2.75, 3.05) is 37.9 Å². The van der Waals surface area contributed by atoms with Gasteiger partial charge in [-0.05, 0) is 50.4 Å². The molecule has 0 radical (unpaired) electrons. The molecule has 1 aromatic heterocycles. The van der Waals surface area contributed by atoms with E-state index in [-0.39, 0.29) is 24.0 Å². The van der Waals surface area contributed by atoms with Crippen LogP contribution in [0.5, 0.6) is 0 Å². The molecule has 0 fully saturated rings. The van der Waals surface area contributed by atoms with Gasteiger partial charge in [-0.3, -0.25) is 4.99 Å². The van der Waals surface area contributed by atoms with E-state index in [9.17, 15) is 0 Å². The molecule has 1 aromatic rings. The van der Waals surface area contributed by atoms with Crippen LogP contribution in [0.15, 0.2) is 10.1 Å². The highest BCUT2D eigenvalue weighted by Crippen LogP contribution is 2.16. The average molecular weight is 529 g/mol. The number of nitrogens with one attached hydrogen (secondary N) is 2. The van der Waals surface area contributed by atoms with E-state index in [4.69, 9.17) is 4.99 Å². The van der Waals surface area contributed by atoms with Gasteiger partial charge in [0.05, 0.1) is 0 Å². The fourth-order valence-electron chi connectivity index (χ4n) is 2.55. The molecule has 0 aromatic carbocycles. The van der Waals surface area contributed by atoms with Crippen molar-refractivity contribution >= 4 is 53.5 Å². The van der Waals surface area contributed by atoms with E-state index in [1.54, 1.807) is 11.8 Å². The van der Waals surface area contributed by atoms with Gasteiger partial charge in [0.25, 0.3) is 0 Å². The Morgan fingerprint density at radius 3 is 2.56 bits per heavy atom. The van der Waals surface area contributed by atoms with E-state index in [2.05, 4.69) is 58.7 Å². The Balaban J connectivity index is 0.00000676. The van der Waals surface area contributed by atoms with Crippen LogP contribution in [0.2, 0.25) is 0 Å². The number of unbranched alkanes of at least 4 members (excludes halogenated alkanes) is 1. The minimum Gasteiger partial charge on any atom is -0.357 e. The molecule has 1 rings (SSSR count). The second-order valence-electron chi connectivity index (χ2n) is 6.60. The first-order chi connectivity index (χ1) is 12.6. The number of guanidine groups is 1. The summed E-state index contributed by atoms with van der Waals surface area (Å²) >= 11 is 3.57. The van der Waals surface area contributed by atoms with Crippen LogP contribution in [-0.2, 0) is 13.0 Å². The van der Waals surface area contributed by atoms with Crippen molar-refractivity contribution in [3.63, 3.8) is 0 Å². The number of nitrogens with zero attached hydrogens (tertiary/aromatic N) is 4. The van der Waals surface area contributed by atoms with Gasteiger partial charge in [0.15, 0.2) is 11.1 Å². The van der Waals surface area contributed by atoms with Crippen LogP contribution in [-0.4, -0.2) is 58.6 Å². The van der Waals surface area contributed by atoms with Crippen molar-refractivity contribution < 1.29 is 0 Å². The monoisotopic (exact) mass is 528 g/mol. The first kappa shape index (κ1) is 26.8. The fraction of sp³-hybridized carbons (Fsp3) is 0.833. The quantitative estimate of drug-likeness (QED) is 0.133. The van der Waals surface area contributed by atoms with Crippen LogP contribution in [0.4, 0.5) is 0 Å². The summed E-state index contributed by atoms with van der Waals surface area (Å²) in [5.41, 5.74) is 0. The van der Waals surface area contributed by atoms with Crippen molar-refractivity contribution in [3.05, 3.63) is 5.82 Å². The van der Waals surface area contributed by atoms with Crippen molar-refractivity contribution in [1.29, 1.82) is 0 Å². The lowest BCUT2D eigenvalue weighted by Crippen LogP contribution is -2.37. The first-order valence-corrected chi connectivity index (χ1v) is 12.2. The fourth-order valence-corrected chi connectivity index (χ4v) is 3.57. The normalized spacial score (nSPS) is 11.6. The van der Waals surface area contributed by atoms with Gasteiger partial charge in [-0.1, -0.05) is 25.6 Å². The maximum atomic E-state index is 4.69. The minimum atomic E-state index is 0.